The zero-order valence-corrected chi connectivity index (χ0v) is 26.7. The number of rotatable bonds is 10. The normalized spacial score (nSPS) is 23.0. The van der Waals surface area contributed by atoms with Crippen LogP contribution in [0, 0.1) is 19.3 Å². The summed E-state index contributed by atoms with van der Waals surface area (Å²) in [6.45, 7) is 15.5. The van der Waals surface area contributed by atoms with Gasteiger partial charge < -0.3 is 19.4 Å². The van der Waals surface area contributed by atoms with Gasteiger partial charge in [0.15, 0.2) is 0 Å². The predicted molar refractivity (Wildman–Crippen MR) is 168 cm³/mol. The third-order valence-electron chi connectivity index (χ3n) is 10.1. The van der Waals surface area contributed by atoms with Crippen LogP contribution in [0.2, 0.25) is 0 Å². The van der Waals surface area contributed by atoms with Crippen LogP contribution >= 0.6 is 0 Å². The fraction of sp³-hybridized carbons (Fsp3) is 0.676. The van der Waals surface area contributed by atoms with E-state index in [1.807, 2.05) is 18.7 Å². The quantitative estimate of drug-likeness (QED) is 0.450. The van der Waals surface area contributed by atoms with Crippen LogP contribution in [0.3, 0.4) is 0 Å². The number of carbonyl (C=O) groups excluding carboxylic acids is 2. The lowest BCUT2D eigenvalue weighted by atomic mass is 9.92. The van der Waals surface area contributed by atoms with Crippen molar-refractivity contribution in [3.63, 3.8) is 0 Å². The van der Waals surface area contributed by atoms with Gasteiger partial charge in [-0.3, -0.25) is 19.6 Å². The summed E-state index contributed by atoms with van der Waals surface area (Å²) in [6, 6.07) is 7.39. The molecule has 43 heavy (non-hydrogen) atoms. The van der Waals surface area contributed by atoms with Crippen molar-refractivity contribution in [2.75, 3.05) is 59.0 Å². The molecule has 6 rings (SSSR count). The lowest BCUT2D eigenvalue weighted by Gasteiger charge is -2.35. The second-order valence-electron chi connectivity index (χ2n) is 14.1. The fourth-order valence-corrected chi connectivity index (χ4v) is 7.66. The van der Waals surface area contributed by atoms with Crippen molar-refractivity contribution in [3.05, 3.63) is 34.9 Å². The van der Waals surface area contributed by atoms with E-state index in [0.717, 1.165) is 108 Å². The Bertz CT molecular complexity index is 1270. The highest BCUT2D eigenvalue weighted by Gasteiger charge is 2.46. The van der Waals surface area contributed by atoms with Crippen LogP contribution < -0.4 is 4.74 Å². The average Bonchev–Trinajstić information content (AvgIpc) is 3.79. The number of hydrogen-bond acceptors (Lipinski definition) is 6. The number of aromatic nitrogens is 2. The number of benzene rings is 1. The van der Waals surface area contributed by atoms with Gasteiger partial charge in [0.2, 0.25) is 17.7 Å². The van der Waals surface area contributed by atoms with E-state index < -0.39 is 5.41 Å². The molecule has 2 amide bonds. The van der Waals surface area contributed by atoms with E-state index in [-0.39, 0.29) is 11.8 Å². The van der Waals surface area contributed by atoms with Gasteiger partial charge in [0, 0.05) is 69.0 Å². The van der Waals surface area contributed by atoms with Gasteiger partial charge in [-0.1, -0.05) is 17.2 Å². The summed E-state index contributed by atoms with van der Waals surface area (Å²) in [6.07, 6.45) is 7.62. The lowest BCUT2D eigenvalue weighted by molar-refractivity contribution is -0.143. The lowest BCUT2D eigenvalue weighted by Crippen LogP contribution is -2.50. The smallest absolute Gasteiger partial charge is 0.236 e. The highest BCUT2D eigenvalue weighted by molar-refractivity contribution is 5.83. The number of amides is 2. The summed E-state index contributed by atoms with van der Waals surface area (Å²) in [4.78, 5) is 35.2. The van der Waals surface area contributed by atoms with Crippen molar-refractivity contribution < 1.29 is 14.3 Å². The molecule has 0 spiro atoms. The minimum Gasteiger partial charge on any atom is -0.475 e. The number of piperazine rings is 1. The van der Waals surface area contributed by atoms with Crippen LogP contribution in [0.4, 0.5) is 0 Å². The Balaban J connectivity index is 1.11. The molecule has 9 heteroatoms. The molecule has 0 radical (unpaired) electrons. The van der Waals surface area contributed by atoms with Crippen LogP contribution in [0.15, 0.2) is 18.2 Å². The molecule has 0 atom stereocenters. The van der Waals surface area contributed by atoms with E-state index in [2.05, 4.69) is 56.9 Å². The maximum absolute atomic E-state index is 13.6. The molecule has 2 aromatic rings. The number of likely N-dealkylation sites (tertiary alicyclic amines) is 1. The number of fused-ring (bicyclic) bond motifs is 2. The maximum atomic E-state index is 13.6. The molecule has 4 saturated heterocycles. The summed E-state index contributed by atoms with van der Waals surface area (Å²) in [7, 11) is 0. The van der Waals surface area contributed by atoms with Crippen LogP contribution in [-0.4, -0.2) is 113 Å². The van der Waals surface area contributed by atoms with Crippen LogP contribution in [0.5, 0.6) is 5.88 Å². The Morgan fingerprint density at radius 2 is 1.51 bits per heavy atom. The summed E-state index contributed by atoms with van der Waals surface area (Å²) in [5.74, 6) is 1.10. The van der Waals surface area contributed by atoms with Crippen molar-refractivity contribution in [1.82, 2.24) is 29.8 Å². The largest absolute Gasteiger partial charge is 0.475 e. The van der Waals surface area contributed by atoms with Crippen molar-refractivity contribution in [3.8, 4) is 17.1 Å². The predicted octanol–water partition coefficient (Wildman–Crippen LogP) is 4.03. The van der Waals surface area contributed by atoms with Gasteiger partial charge in [-0.05, 0) is 84.8 Å². The Kier molecular flexibility index (Phi) is 8.83. The van der Waals surface area contributed by atoms with Crippen molar-refractivity contribution >= 4 is 11.8 Å². The highest BCUT2D eigenvalue weighted by atomic mass is 16.5. The Labute approximate surface area is 256 Å². The molecular weight excluding hydrogens is 540 g/mol. The second-order valence-corrected chi connectivity index (χ2v) is 14.1. The maximum Gasteiger partial charge on any atom is 0.236 e. The Morgan fingerprint density at radius 1 is 0.907 bits per heavy atom. The first-order valence-electron chi connectivity index (χ1n) is 16.5. The molecule has 5 heterocycles. The van der Waals surface area contributed by atoms with E-state index in [1.165, 1.54) is 11.1 Å². The van der Waals surface area contributed by atoms with Crippen LogP contribution in [0.1, 0.15) is 69.1 Å². The first-order chi connectivity index (χ1) is 20.7. The molecule has 0 unspecified atom stereocenters. The minimum absolute atomic E-state index is 0.213. The van der Waals surface area contributed by atoms with Crippen LogP contribution in [-0.2, 0) is 16.0 Å². The molecule has 2 bridgehead atoms. The van der Waals surface area contributed by atoms with Gasteiger partial charge in [-0.2, -0.15) is 0 Å². The number of aromatic amines is 1. The van der Waals surface area contributed by atoms with E-state index >= 15 is 0 Å². The van der Waals surface area contributed by atoms with E-state index in [4.69, 9.17) is 4.74 Å². The first-order valence-corrected chi connectivity index (χ1v) is 16.5. The number of nitrogens with one attached hydrogen (secondary N) is 1. The van der Waals surface area contributed by atoms with Gasteiger partial charge in [0.25, 0.3) is 0 Å². The SMILES string of the molecule is Cc1cc(C)cc(-c2[nH]nc(OCC(C)(C)C(=O)N3C4CCC3CC4)c2CCN2CCN(CC(=O)N3CCCC3)CC2)c1. The van der Waals surface area contributed by atoms with Gasteiger partial charge in [0.05, 0.1) is 17.7 Å². The second kappa shape index (κ2) is 12.6. The zero-order valence-electron chi connectivity index (χ0n) is 26.7. The molecule has 234 valence electrons. The minimum atomic E-state index is -0.621. The third-order valence-corrected chi connectivity index (χ3v) is 10.1. The molecule has 4 aliphatic heterocycles. The number of aryl methyl sites for hydroxylation is 2. The van der Waals surface area contributed by atoms with Gasteiger partial charge in [0.1, 0.15) is 6.61 Å². The summed E-state index contributed by atoms with van der Waals surface area (Å²) >= 11 is 0. The van der Waals surface area contributed by atoms with Crippen LogP contribution in [0.25, 0.3) is 11.3 Å². The third kappa shape index (κ3) is 6.63. The molecular formula is C34H50N6O3. The average molecular weight is 591 g/mol. The monoisotopic (exact) mass is 590 g/mol. The van der Waals surface area contributed by atoms with Crippen molar-refractivity contribution in [1.29, 1.82) is 0 Å². The summed E-state index contributed by atoms with van der Waals surface area (Å²) in [5, 5.41) is 7.95. The first kappa shape index (κ1) is 30.1. The fourth-order valence-electron chi connectivity index (χ4n) is 7.66. The highest BCUT2D eigenvalue weighted by Crippen LogP contribution is 2.40. The van der Waals surface area contributed by atoms with E-state index in [9.17, 15) is 9.59 Å². The molecule has 0 saturated carbocycles. The van der Waals surface area contributed by atoms with Crippen molar-refractivity contribution in [2.24, 2.45) is 5.41 Å². The topological polar surface area (TPSA) is 85.0 Å². The molecule has 9 nitrogen and oxygen atoms in total. The number of ether oxygens (including phenoxy) is 1. The Morgan fingerprint density at radius 3 is 2.14 bits per heavy atom. The molecule has 1 N–H and O–H groups in total. The Hall–Kier alpha value is -2.91. The summed E-state index contributed by atoms with van der Waals surface area (Å²) < 4.78 is 6.43. The number of nitrogens with zero attached hydrogens (tertiary/aromatic N) is 5. The van der Waals surface area contributed by atoms with Gasteiger partial charge >= 0.3 is 0 Å². The van der Waals surface area contributed by atoms with Crippen molar-refractivity contribution in [2.45, 2.75) is 84.7 Å². The molecule has 4 aliphatic rings. The number of H-pyrrole nitrogens is 1. The standard InChI is InChI=1S/C34H50N6O3/c1-24-19-25(2)21-26(20-24)31-29(11-14-37-15-17-38(18-16-37)22-30(41)39-12-5-6-13-39)32(36-35-31)43-23-34(3,4)33(42)40-27-7-8-28(40)10-9-27/h19-21,27-28H,5-18,22-23H2,1-4H3,(H,35,36). The molecule has 1 aromatic heterocycles. The van der Waals surface area contributed by atoms with E-state index in [1.54, 1.807) is 0 Å². The van der Waals surface area contributed by atoms with Gasteiger partial charge in [-0.25, -0.2) is 0 Å². The van der Waals surface area contributed by atoms with Gasteiger partial charge in [-0.15, -0.1) is 5.10 Å². The zero-order chi connectivity index (χ0) is 30.1. The molecule has 1 aromatic carbocycles. The molecule has 4 fully saturated rings. The number of carbonyl (C=O) groups is 2. The summed E-state index contributed by atoms with van der Waals surface area (Å²) in [5.41, 5.74) is 4.99. The molecule has 0 aliphatic carbocycles. The van der Waals surface area contributed by atoms with E-state index in [0.29, 0.717) is 31.1 Å². The number of hydrogen-bond donors (Lipinski definition) is 1.